The summed E-state index contributed by atoms with van der Waals surface area (Å²) >= 11 is 0. The fraction of sp³-hybridized carbons (Fsp3) is 0.350. The van der Waals surface area contributed by atoms with Crippen LogP contribution in [0.1, 0.15) is 38.2 Å². The minimum Gasteiger partial charge on any atom is -0.493 e. The molecule has 1 rings (SSSR count). The molecule has 1 aromatic carbocycles. The van der Waals surface area contributed by atoms with Crippen LogP contribution in [0, 0.1) is 0 Å². The summed E-state index contributed by atoms with van der Waals surface area (Å²) in [6.45, 7) is 2.42. The van der Waals surface area contributed by atoms with E-state index in [1.807, 2.05) is 31.2 Å². The summed E-state index contributed by atoms with van der Waals surface area (Å²) in [4.78, 5) is 33.3. The first-order chi connectivity index (χ1) is 12.6. The molecule has 0 aliphatic rings. The fourth-order valence-corrected chi connectivity index (χ4v) is 2.21. The van der Waals surface area contributed by atoms with E-state index in [9.17, 15) is 14.4 Å². The van der Waals surface area contributed by atoms with Gasteiger partial charge in [0.15, 0.2) is 11.5 Å². The van der Waals surface area contributed by atoms with E-state index < -0.39 is 0 Å². The quantitative estimate of drug-likeness (QED) is 0.216. The van der Waals surface area contributed by atoms with E-state index >= 15 is 0 Å². The monoisotopic (exact) mass is 359 g/mol. The molecule has 0 heterocycles. The number of unbranched alkanes of at least 4 members (excludes halogenated alkanes) is 2. The highest BCUT2D eigenvalue weighted by Crippen LogP contribution is 2.29. The van der Waals surface area contributed by atoms with E-state index in [1.54, 1.807) is 6.07 Å². The minimum atomic E-state index is -0.319. The van der Waals surface area contributed by atoms with E-state index in [4.69, 9.17) is 9.47 Å². The van der Waals surface area contributed by atoms with Gasteiger partial charge in [-0.05, 0) is 43.5 Å². The summed E-state index contributed by atoms with van der Waals surface area (Å²) in [5.74, 6) is 0.296. The Morgan fingerprint density at radius 1 is 1.15 bits per heavy atom. The molecule has 6 heteroatoms. The number of allylic oxidation sites excluding steroid dienone is 2. The normalized spacial score (nSPS) is 10.8. The zero-order valence-electron chi connectivity index (χ0n) is 15.2. The standard InChI is InChI=1S/C20H25NO5/c1-3-8-16-11-12-17(18(15-16)25-2)26-20(24)10-5-4-6-13-21-19(23)9-7-14-22/h3,7-9,11-12,14-15H,4-6,10,13H2,1-2H3,(H,21,23)/b8-3+,9-7-. The van der Waals surface area contributed by atoms with Gasteiger partial charge in [-0.3, -0.25) is 14.4 Å². The first kappa shape index (κ1) is 21.2. The van der Waals surface area contributed by atoms with Crippen molar-refractivity contribution in [3.05, 3.63) is 42.0 Å². The minimum absolute atomic E-state index is 0.290. The molecule has 0 saturated carbocycles. The van der Waals surface area contributed by atoms with E-state index in [0.29, 0.717) is 37.2 Å². The van der Waals surface area contributed by atoms with Crippen molar-refractivity contribution in [1.29, 1.82) is 0 Å². The second kappa shape index (κ2) is 12.5. The topological polar surface area (TPSA) is 81.7 Å². The smallest absolute Gasteiger partial charge is 0.311 e. The van der Waals surface area contributed by atoms with Gasteiger partial charge in [0.2, 0.25) is 5.91 Å². The number of methoxy groups -OCH3 is 1. The molecular formula is C20H25NO5. The number of nitrogens with one attached hydrogen (secondary N) is 1. The van der Waals surface area contributed by atoms with Crippen molar-refractivity contribution in [1.82, 2.24) is 5.32 Å². The molecule has 6 nitrogen and oxygen atoms in total. The van der Waals surface area contributed by atoms with Crippen LogP contribution in [-0.2, 0) is 14.4 Å². The van der Waals surface area contributed by atoms with Gasteiger partial charge < -0.3 is 14.8 Å². The first-order valence-corrected chi connectivity index (χ1v) is 8.51. The maximum Gasteiger partial charge on any atom is 0.311 e. The summed E-state index contributed by atoms with van der Waals surface area (Å²) in [5, 5.41) is 2.65. The Bertz CT molecular complexity index is 664. The number of carbonyl (C=O) groups excluding carboxylic acids is 3. The van der Waals surface area contributed by atoms with Gasteiger partial charge in [-0.15, -0.1) is 0 Å². The second-order valence-corrected chi connectivity index (χ2v) is 5.48. The lowest BCUT2D eigenvalue weighted by atomic mass is 10.2. The van der Waals surface area contributed by atoms with Crippen molar-refractivity contribution < 1.29 is 23.9 Å². The van der Waals surface area contributed by atoms with Crippen LogP contribution in [0.25, 0.3) is 6.08 Å². The third kappa shape index (κ3) is 8.28. The van der Waals surface area contributed by atoms with Crippen molar-refractivity contribution >= 4 is 24.2 Å². The average molecular weight is 359 g/mol. The summed E-state index contributed by atoms with van der Waals surface area (Å²) in [5.41, 5.74) is 0.967. The molecule has 26 heavy (non-hydrogen) atoms. The van der Waals surface area contributed by atoms with Crippen molar-refractivity contribution in [3.8, 4) is 11.5 Å². The van der Waals surface area contributed by atoms with Crippen molar-refractivity contribution in [2.45, 2.75) is 32.6 Å². The zero-order valence-corrected chi connectivity index (χ0v) is 15.2. The predicted octanol–water partition coefficient (Wildman–Crippen LogP) is 3.07. The molecule has 0 spiro atoms. The summed E-state index contributed by atoms with van der Waals surface area (Å²) in [7, 11) is 1.53. The van der Waals surface area contributed by atoms with Crippen LogP contribution in [0.5, 0.6) is 11.5 Å². The lowest BCUT2D eigenvalue weighted by molar-refractivity contribution is -0.134. The van der Waals surface area contributed by atoms with Crippen molar-refractivity contribution in [3.63, 3.8) is 0 Å². The largest absolute Gasteiger partial charge is 0.493 e. The van der Waals surface area contributed by atoms with Crippen LogP contribution in [0.3, 0.4) is 0 Å². The van der Waals surface area contributed by atoms with Crippen LogP contribution in [0.15, 0.2) is 36.4 Å². The number of hydrogen-bond acceptors (Lipinski definition) is 5. The molecule has 0 aliphatic heterocycles. The van der Waals surface area contributed by atoms with Gasteiger partial charge in [0.25, 0.3) is 0 Å². The molecule has 0 aliphatic carbocycles. The number of hydrogen-bond donors (Lipinski definition) is 1. The highest BCUT2D eigenvalue weighted by molar-refractivity contribution is 5.90. The Morgan fingerprint density at radius 3 is 2.65 bits per heavy atom. The highest BCUT2D eigenvalue weighted by Gasteiger charge is 2.10. The molecule has 0 fully saturated rings. The first-order valence-electron chi connectivity index (χ1n) is 8.51. The molecule has 0 unspecified atom stereocenters. The highest BCUT2D eigenvalue weighted by atomic mass is 16.6. The van der Waals surface area contributed by atoms with Gasteiger partial charge in [0.1, 0.15) is 6.29 Å². The lowest BCUT2D eigenvalue weighted by Crippen LogP contribution is -2.22. The van der Waals surface area contributed by atoms with E-state index in [2.05, 4.69) is 5.32 Å². The summed E-state index contributed by atoms with van der Waals surface area (Å²) in [6, 6.07) is 5.38. The van der Waals surface area contributed by atoms with Gasteiger partial charge in [-0.2, -0.15) is 0 Å². The van der Waals surface area contributed by atoms with Crippen molar-refractivity contribution in [2.24, 2.45) is 0 Å². The van der Waals surface area contributed by atoms with Crippen LogP contribution < -0.4 is 14.8 Å². The number of rotatable bonds is 11. The molecule has 0 radical (unpaired) electrons. The molecular weight excluding hydrogens is 334 g/mol. The van der Waals surface area contributed by atoms with Gasteiger partial charge in [-0.1, -0.05) is 24.6 Å². The SMILES string of the molecule is C/C=C/c1ccc(OC(=O)CCCCCNC(=O)/C=C\C=O)c(OC)c1. The molecule has 1 N–H and O–H groups in total. The number of ether oxygens (including phenoxy) is 2. The van der Waals surface area contributed by atoms with Crippen LogP contribution in [0.2, 0.25) is 0 Å². The van der Waals surface area contributed by atoms with E-state index in [-0.39, 0.29) is 11.9 Å². The number of aldehydes is 1. The van der Waals surface area contributed by atoms with E-state index in [1.165, 1.54) is 13.2 Å². The Kier molecular flexibility index (Phi) is 10.1. The third-order valence-electron chi connectivity index (χ3n) is 3.45. The summed E-state index contributed by atoms with van der Waals surface area (Å²) < 4.78 is 10.6. The zero-order chi connectivity index (χ0) is 19.2. The van der Waals surface area contributed by atoms with E-state index in [0.717, 1.165) is 24.5 Å². The maximum atomic E-state index is 11.9. The Morgan fingerprint density at radius 2 is 1.96 bits per heavy atom. The average Bonchev–Trinajstić information content (AvgIpc) is 2.64. The lowest BCUT2D eigenvalue weighted by Gasteiger charge is -2.10. The molecule has 0 saturated heterocycles. The van der Waals surface area contributed by atoms with Gasteiger partial charge >= 0.3 is 5.97 Å². The number of carbonyl (C=O) groups is 3. The molecule has 0 aromatic heterocycles. The maximum absolute atomic E-state index is 11.9. The summed E-state index contributed by atoms with van der Waals surface area (Å²) in [6.07, 6.45) is 9.21. The molecule has 1 amide bonds. The Balaban J connectivity index is 2.31. The number of esters is 1. The predicted molar refractivity (Wildman–Crippen MR) is 100 cm³/mol. The Labute approximate surface area is 153 Å². The number of benzene rings is 1. The fourth-order valence-electron chi connectivity index (χ4n) is 2.21. The van der Waals surface area contributed by atoms with Gasteiger partial charge in [0, 0.05) is 19.0 Å². The van der Waals surface area contributed by atoms with Crippen LogP contribution >= 0.6 is 0 Å². The number of amides is 1. The van der Waals surface area contributed by atoms with Gasteiger partial charge in [-0.25, -0.2) is 0 Å². The molecule has 1 aromatic rings. The van der Waals surface area contributed by atoms with Crippen LogP contribution in [-0.4, -0.2) is 31.8 Å². The van der Waals surface area contributed by atoms with Crippen LogP contribution in [0.4, 0.5) is 0 Å². The molecule has 0 bridgehead atoms. The second-order valence-electron chi connectivity index (χ2n) is 5.48. The third-order valence-corrected chi connectivity index (χ3v) is 3.45. The van der Waals surface area contributed by atoms with Crippen molar-refractivity contribution in [2.75, 3.05) is 13.7 Å². The van der Waals surface area contributed by atoms with Gasteiger partial charge in [0.05, 0.1) is 7.11 Å². The Hall–Kier alpha value is -2.89. The molecule has 0 atom stereocenters. The molecule has 140 valence electrons.